The summed E-state index contributed by atoms with van der Waals surface area (Å²) in [6.07, 6.45) is 2.27. The summed E-state index contributed by atoms with van der Waals surface area (Å²) < 4.78 is 5.52. The molecule has 2 N–H and O–H groups in total. The predicted molar refractivity (Wildman–Crippen MR) is 108 cm³/mol. The van der Waals surface area contributed by atoms with Crippen LogP contribution in [0.1, 0.15) is 22.9 Å². The molecule has 2 aromatic carbocycles. The van der Waals surface area contributed by atoms with Gasteiger partial charge < -0.3 is 9.73 Å². The Bertz CT molecular complexity index is 867. The third-order valence-electron chi connectivity index (χ3n) is 4.16. The fraction of sp³-hybridized carbons (Fsp3) is 0.190. The molecule has 0 spiro atoms. The van der Waals surface area contributed by atoms with E-state index in [1.807, 2.05) is 48.5 Å². The van der Waals surface area contributed by atoms with E-state index in [2.05, 4.69) is 10.6 Å². The summed E-state index contributed by atoms with van der Waals surface area (Å²) in [5.74, 6) is 0.675. The van der Waals surface area contributed by atoms with E-state index < -0.39 is 0 Å². The number of furan rings is 1. The number of hydrogen-bond donors (Lipinski definition) is 2. The SMILES string of the molecule is O=C(CN[C@@H](c1ccccc1)c1ccco1)NCCc1ccc(Cl)cc1Cl. The first kappa shape index (κ1) is 19.5. The Kier molecular flexibility index (Phi) is 6.93. The van der Waals surface area contributed by atoms with E-state index in [0.717, 1.165) is 16.9 Å². The number of benzene rings is 2. The third-order valence-corrected chi connectivity index (χ3v) is 4.75. The summed E-state index contributed by atoms with van der Waals surface area (Å²) in [5.41, 5.74) is 1.99. The molecule has 1 heterocycles. The number of hydrogen-bond acceptors (Lipinski definition) is 3. The van der Waals surface area contributed by atoms with Crippen molar-refractivity contribution in [3.63, 3.8) is 0 Å². The second-order valence-corrected chi connectivity index (χ2v) is 6.92. The molecule has 0 saturated heterocycles. The molecule has 0 aliphatic rings. The summed E-state index contributed by atoms with van der Waals surface area (Å²) in [7, 11) is 0. The van der Waals surface area contributed by atoms with Crippen LogP contribution < -0.4 is 10.6 Å². The van der Waals surface area contributed by atoms with E-state index in [9.17, 15) is 4.79 Å². The van der Waals surface area contributed by atoms with Crippen molar-refractivity contribution in [2.45, 2.75) is 12.5 Å². The fourth-order valence-electron chi connectivity index (χ4n) is 2.80. The minimum Gasteiger partial charge on any atom is -0.467 e. The highest BCUT2D eigenvalue weighted by molar-refractivity contribution is 6.35. The highest BCUT2D eigenvalue weighted by Crippen LogP contribution is 2.22. The zero-order chi connectivity index (χ0) is 19.1. The lowest BCUT2D eigenvalue weighted by atomic mass is 10.0. The molecular weight excluding hydrogens is 383 g/mol. The summed E-state index contributed by atoms with van der Waals surface area (Å²) in [6.45, 7) is 0.674. The molecule has 0 saturated carbocycles. The number of nitrogens with one attached hydrogen (secondary N) is 2. The van der Waals surface area contributed by atoms with E-state index in [1.165, 1.54) is 0 Å². The van der Waals surface area contributed by atoms with Gasteiger partial charge in [0.25, 0.3) is 0 Å². The molecule has 0 radical (unpaired) electrons. The number of amides is 1. The van der Waals surface area contributed by atoms with Crippen molar-refractivity contribution in [1.29, 1.82) is 0 Å². The Morgan fingerprint density at radius 3 is 2.56 bits per heavy atom. The smallest absolute Gasteiger partial charge is 0.233 e. The Balaban J connectivity index is 1.52. The second kappa shape index (κ2) is 9.60. The standard InChI is InChI=1S/C21H20Cl2N2O2/c22-17-9-8-15(18(23)13-17)10-11-24-20(26)14-25-21(19-7-4-12-27-19)16-5-2-1-3-6-16/h1-9,12-13,21,25H,10-11,14H2,(H,24,26)/t21-/m0/s1. The van der Waals surface area contributed by atoms with Crippen LogP contribution in [0.25, 0.3) is 0 Å². The highest BCUT2D eigenvalue weighted by atomic mass is 35.5. The number of rotatable bonds is 8. The predicted octanol–water partition coefficient (Wildman–Crippen LogP) is 4.62. The van der Waals surface area contributed by atoms with E-state index in [-0.39, 0.29) is 18.5 Å². The van der Waals surface area contributed by atoms with Crippen LogP contribution >= 0.6 is 23.2 Å². The molecule has 3 rings (SSSR count). The molecule has 6 heteroatoms. The normalized spacial score (nSPS) is 11.9. The van der Waals surface area contributed by atoms with Crippen molar-refractivity contribution in [3.8, 4) is 0 Å². The first-order valence-corrected chi connectivity index (χ1v) is 9.41. The average molecular weight is 403 g/mol. The van der Waals surface area contributed by atoms with Crippen LogP contribution in [0.15, 0.2) is 71.3 Å². The lowest BCUT2D eigenvalue weighted by Crippen LogP contribution is -2.36. The molecule has 1 amide bonds. The van der Waals surface area contributed by atoms with E-state index in [4.69, 9.17) is 27.6 Å². The summed E-state index contributed by atoms with van der Waals surface area (Å²) in [4.78, 5) is 12.2. The van der Waals surface area contributed by atoms with Crippen LogP contribution in [0, 0.1) is 0 Å². The second-order valence-electron chi connectivity index (χ2n) is 6.08. The van der Waals surface area contributed by atoms with Gasteiger partial charge in [0.2, 0.25) is 5.91 Å². The van der Waals surface area contributed by atoms with Gasteiger partial charge in [0.1, 0.15) is 5.76 Å². The largest absolute Gasteiger partial charge is 0.467 e. The molecule has 3 aromatic rings. The van der Waals surface area contributed by atoms with Crippen molar-refractivity contribution < 1.29 is 9.21 Å². The maximum absolute atomic E-state index is 12.2. The van der Waals surface area contributed by atoms with Gasteiger partial charge in [-0.2, -0.15) is 0 Å². The third kappa shape index (κ3) is 5.60. The molecule has 1 aromatic heterocycles. The quantitative estimate of drug-likeness (QED) is 0.577. The van der Waals surface area contributed by atoms with Gasteiger partial charge in [0.15, 0.2) is 0 Å². The Morgan fingerprint density at radius 2 is 1.85 bits per heavy atom. The number of carbonyl (C=O) groups is 1. The molecule has 0 unspecified atom stereocenters. The monoisotopic (exact) mass is 402 g/mol. The zero-order valence-corrected chi connectivity index (χ0v) is 16.1. The van der Waals surface area contributed by atoms with Crippen LogP contribution in [-0.4, -0.2) is 19.0 Å². The lowest BCUT2D eigenvalue weighted by molar-refractivity contribution is -0.120. The van der Waals surface area contributed by atoms with Gasteiger partial charge in [0, 0.05) is 16.6 Å². The first-order chi connectivity index (χ1) is 13.1. The van der Waals surface area contributed by atoms with Gasteiger partial charge in [-0.15, -0.1) is 0 Å². The van der Waals surface area contributed by atoms with E-state index in [1.54, 1.807) is 18.4 Å². The van der Waals surface area contributed by atoms with E-state index >= 15 is 0 Å². The van der Waals surface area contributed by atoms with Crippen LogP contribution in [0.5, 0.6) is 0 Å². The van der Waals surface area contributed by atoms with Crippen LogP contribution in [0.2, 0.25) is 10.0 Å². The minimum atomic E-state index is -0.183. The molecule has 27 heavy (non-hydrogen) atoms. The Morgan fingerprint density at radius 1 is 1.04 bits per heavy atom. The van der Waals surface area contributed by atoms with Crippen molar-refractivity contribution in [2.24, 2.45) is 0 Å². The van der Waals surface area contributed by atoms with Gasteiger partial charge in [-0.1, -0.05) is 59.6 Å². The lowest BCUT2D eigenvalue weighted by Gasteiger charge is -2.17. The maximum atomic E-state index is 12.2. The summed E-state index contributed by atoms with van der Waals surface area (Å²) >= 11 is 12.0. The molecule has 0 fully saturated rings. The van der Waals surface area contributed by atoms with E-state index in [0.29, 0.717) is 23.0 Å². The van der Waals surface area contributed by atoms with Crippen LogP contribution in [0.3, 0.4) is 0 Å². The molecule has 0 aliphatic heterocycles. The molecule has 1 atom stereocenters. The topological polar surface area (TPSA) is 54.3 Å². The van der Waals surface area contributed by atoms with Crippen molar-refractivity contribution in [3.05, 3.63) is 93.9 Å². The summed E-state index contributed by atoms with van der Waals surface area (Å²) in [5, 5.41) is 7.36. The van der Waals surface area contributed by atoms with Gasteiger partial charge in [0.05, 0.1) is 18.8 Å². The van der Waals surface area contributed by atoms with Crippen LogP contribution in [-0.2, 0) is 11.2 Å². The first-order valence-electron chi connectivity index (χ1n) is 8.66. The Labute approximate surface area is 168 Å². The molecule has 0 aliphatic carbocycles. The van der Waals surface area contributed by atoms with Crippen molar-refractivity contribution >= 4 is 29.1 Å². The molecule has 0 bridgehead atoms. The van der Waals surface area contributed by atoms with Gasteiger partial charge in [-0.25, -0.2) is 0 Å². The molecule has 140 valence electrons. The van der Waals surface area contributed by atoms with Crippen molar-refractivity contribution in [2.75, 3.05) is 13.1 Å². The molecular formula is C21H20Cl2N2O2. The molecule has 4 nitrogen and oxygen atoms in total. The fourth-order valence-corrected chi connectivity index (χ4v) is 3.30. The van der Waals surface area contributed by atoms with Crippen LogP contribution in [0.4, 0.5) is 0 Å². The number of halogens is 2. The van der Waals surface area contributed by atoms with Gasteiger partial charge >= 0.3 is 0 Å². The zero-order valence-electron chi connectivity index (χ0n) is 14.6. The Hall–Kier alpha value is -2.27. The highest BCUT2D eigenvalue weighted by Gasteiger charge is 2.17. The minimum absolute atomic E-state index is 0.0902. The number of carbonyl (C=O) groups excluding carboxylic acids is 1. The summed E-state index contributed by atoms with van der Waals surface area (Å²) in [6, 6.07) is 18.8. The van der Waals surface area contributed by atoms with Gasteiger partial charge in [-0.05, 0) is 41.8 Å². The average Bonchev–Trinajstić information content (AvgIpc) is 3.19. The van der Waals surface area contributed by atoms with Gasteiger partial charge in [-0.3, -0.25) is 10.1 Å². The van der Waals surface area contributed by atoms with Crippen molar-refractivity contribution in [1.82, 2.24) is 10.6 Å². The maximum Gasteiger partial charge on any atom is 0.233 e.